The Morgan fingerprint density at radius 3 is 2.96 bits per heavy atom. The Morgan fingerprint density at radius 2 is 2.20 bits per heavy atom. The number of aromatic amines is 1. The summed E-state index contributed by atoms with van der Waals surface area (Å²) in [6.45, 7) is 4.81. The van der Waals surface area contributed by atoms with E-state index in [0.717, 1.165) is 22.1 Å². The number of carbonyl (C=O) groups is 1. The molecule has 3 heterocycles. The number of furan rings is 1. The summed E-state index contributed by atoms with van der Waals surface area (Å²) in [5.74, 6) is -0.0275. The highest BCUT2D eigenvalue weighted by atomic mass is 16.3. The second kappa shape index (κ2) is 5.70. The van der Waals surface area contributed by atoms with Crippen LogP contribution in [0.2, 0.25) is 0 Å². The molecule has 1 aliphatic heterocycles. The highest BCUT2D eigenvalue weighted by Crippen LogP contribution is 2.31. The Labute approximate surface area is 144 Å². The lowest BCUT2D eigenvalue weighted by molar-refractivity contribution is -0.130. The van der Waals surface area contributed by atoms with Gasteiger partial charge in [0.15, 0.2) is 0 Å². The van der Waals surface area contributed by atoms with Crippen molar-refractivity contribution in [3.63, 3.8) is 0 Å². The average molecular weight is 340 g/mol. The SMILES string of the molecule is Cc1cc2occ(CC(=O)N3CCC(O)(c4cn[nH]n4)C3)c2cc1C. The van der Waals surface area contributed by atoms with Crippen LogP contribution in [0.1, 0.15) is 28.8 Å². The number of aliphatic hydroxyl groups is 1. The molecule has 0 radical (unpaired) electrons. The molecule has 0 bridgehead atoms. The number of aromatic nitrogens is 3. The molecule has 0 aliphatic carbocycles. The summed E-state index contributed by atoms with van der Waals surface area (Å²) in [4.78, 5) is 14.4. The largest absolute Gasteiger partial charge is 0.464 e. The van der Waals surface area contributed by atoms with Crippen molar-refractivity contribution in [2.24, 2.45) is 0 Å². The normalized spacial score (nSPS) is 20.5. The number of benzene rings is 1. The van der Waals surface area contributed by atoms with Crippen LogP contribution in [0, 0.1) is 13.8 Å². The maximum absolute atomic E-state index is 12.7. The highest BCUT2D eigenvalue weighted by Gasteiger charge is 2.41. The number of nitrogens with zero attached hydrogens (tertiary/aromatic N) is 3. The van der Waals surface area contributed by atoms with E-state index < -0.39 is 5.60 Å². The number of H-pyrrole nitrogens is 1. The summed E-state index contributed by atoms with van der Waals surface area (Å²) >= 11 is 0. The zero-order valence-corrected chi connectivity index (χ0v) is 14.2. The van der Waals surface area contributed by atoms with Crippen LogP contribution < -0.4 is 0 Å². The molecule has 1 amide bonds. The number of hydrogen-bond acceptors (Lipinski definition) is 5. The van der Waals surface area contributed by atoms with Crippen LogP contribution in [0.5, 0.6) is 0 Å². The van der Waals surface area contributed by atoms with E-state index in [4.69, 9.17) is 4.42 Å². The number of likely N-dealkylation sites (tertiary alicyclic amines) is 1. The molecular formula is C18H20N4O3. The van der Waals surface area contributed by atoms with Crippen LogP contribution in [-0.2, 0) is 16.8 Å². The molecule has 1 unspecified atom stereocenters. The monoisotopic (exact) mass is 340 g/mol. The number of aryl methyl sites for hydroxylation is 2. The van der Waals surface area contributed by atoms with Crippen LogP contribution in [0.25, 0.3) is 11.0 Å². The van der Waals surface area contributed by atoms with Gasteiger partial charge in [0.05, 0.1) is 25.4 Å². The molecule has 1 saturated heterocycles. The van der Waals surface area contributed by atoms with Gasteiger partial charge in [-0.15, -0.1) is 0 Å². The molecule has 25 heavy (non-hydrogen) atoms. The molecule has 130 valence electrons. The maximum Gasteiger partial charge on any atom is 0.227 e. The molecule has 0 saturated carbocycles. The van der Waals surface area contributed by atoms with Crippen LogP contribution in [0.15, 0.2) is 29.0 Å². The number of nitrogens with one attached hydrogen (secondary N) is 1. The topological polar surface area (TPSA) is 95.3 Å². The first-order valence-electron chi connectivity index (χ1n) is 8.30. The number of rotatable bonds is 3. The van der Waals surface area contributed by atoms with E-state index in [-0.39, 0.29) is 18.9 Å². The zero-order valence-electron chi connectivity index (χ0n) is 14.2. The minimum atomic E-state index is -1.13. The van der Waals surface area contributed by atoms with Gasteiger partial charge in [-0.2, -0.15) is 15.4 Å². The van der Waals surface area contributed by atoms with Gasteiger partial charge >= 0.3 is 0 Å². The lowest BCUT2D eigenvalue weighted by atomic mass is 10.00. The van der Waals surface area contributed by atoms with Gasteiger partial charge in [0, 0.05) is 23.9 Å². The highest BCUT2D eigenvalue weighted by molar-refractivity contribution is 5.88. The fraction of sp³-hybridized carbons (Fsp3) is 0.389. The van der Waals surface area contributed by atoms with E-state index in [9.17, 15) is 9.90 Å². The Kier molecular flexibility index (Phi) is 3.61. The first-order valence-corrected chi connectivity index (χ1v) is 8.30. The van der Waals surface area contributed by atoms with Gasteiger partial charge in [-0.3, -0.25) is 4.79 Å². The molecule has 1 aromatic carbocycles. The van der Waals surface area contributed by atoms with Crippen molar-refractivity contribution in [3.05, 3.63) is 47.0 Å². The third-order valence-corrected chi connectivity index (χ3v) is 5.10. The Morgan fingerprint density at radius 1 is 1.40 bits per heavy atom. The van der Waals surface area contributed by atoms with E-state index >= 15 is 0 Å². The zero-order chi connectivity index (χ0) is 17.6. The third-order valence-electron chi connectivity index (χ3n) is 5.10. The molecular weight excluding hydrogens is 320 g/mol. The fourth-order valence-electron chi connectivity index (χ4n) is 3.39. The Hall–Kier alpha value is -2.67. The predicted octanol–water partition coefficient (Wildman–Crippen LogP) is 1.83. The second-order valence-corrected chi connectivity index (χ2v) is 6.82. The van der Waals surface area contributed by atoms with Crippen LogP contribution >= 0.6 is 0 Å². The summed E-state index contributed by atoms with van der Waals surface area (Å²) in [5.41, 5.74) is 3.35. The molecule has 0 spiro atoms. The van der Waals surface area contributed by atoms with Gasteiger partial charge in [0.2, 0.25) is 5.91 Å². The molecule has 4 rings (SSSR count). The van der Waals surface area contributed by atoms with Crippen molar-refractivity contribution in [1.29, 1.82) is 0 Å². The van der Waals surface area contributed by atoms with Gasteiger partial charge in [-0.05, 0) is 37.1 Å². The molecule has 1 atom stereocenters. The van der Waals surface area contributed by atoms with Crippen molar-refractivity contribution in [3.8, 4) is 0 Å². The molecule has 2 aromatic heterocycles. The predicted molar refractivity (Wildman–Crippen MR) is 90.9 cm³/mol. The number of hydrogen-bond donors (Lipinski definition) is 2. The molecule has 7 nitrogen and oxygen atoms in total. The maximum atomic E-state index is 12.7. The van der Waals surface area contributed by atoms with Crippen molar-refractivity contribution < 1.29 is 14.3 Å². The van der Waals surface area contributed by atoms with Crippen molar-refractivity contribution in [2.75, 3.05) is 13.1 Å². The van der Waals surface area contributed by atoms with Crippen LogP contribution in [-0.4, -0.2) is 44.4 Å². The van der Waals surface area contributed by atoms with Crippen molar-refractivity contribution in [1.82, 2.24) is 20.3 Å². The number of β-amino-alcohol motifs (C(OH)–C–C–N with tert-alkyl or cyclic N) is 1. The standard InChI is InChI=1S/C18H20N4O3/c1-11-5-14-13(9-25-15(14)6-12(11)2)7-17(23)22-4-3-18(24,10-22)16-8-19-21-20-16/h5-6,8-9,24H,3-4,7,10H2,1-2H3,(H,19,20,21). The minimum absolute atomic E-state index is 0.0275. The van der Waals surface area contributed by atoms with E-state index in [2.05, 4.69) is 21.5 Å². The van der Waals surface area contributed by atoms with Gasteiger partial charge < -0.3 is 14.4 Å². The summed E-state index contributed by atoms with van der Waals surface area (Å²) in [6.07, 6.45) is 3.87. The van der Waals surface area contributed by atoms with Gasteiger partial charge in [-0.1, -0.05) is 0 Å². The summed E-state index contributed by atoms with van der Waals surface area (Å²) in [5, 5.41) is 21.9. The summed E-state index contributed by atoms with van der Waals surface area (Å²) in [6, 6.07) is 4.06. The van der Waals surface area contributed by atoms with Crippen molar-refractivity contribution >= 4 is 16.9 Å². The minimum Gasteiger partial charge on any atom is -0.464 e. The number of carbonyl (C=O) groups excluding carboxylic acids is 1. The Balaban J connectivity index is 1.52. The lowest BCUT2D eigenvalue weighted by Crippen LogP contribution is -2.35. The van der Waals surface area contributed by atoms with Gasteiger partial charge in [0.25, 0.3) is 0 Å². The molecule has 7 heteroatoms. The van der Waals surface area contributed by atoms with E-state index in [1.54, 1.807) is 11.2 Å². The Bertz CT molecular complexity index is 931. The summed E-state index contributed by atoms with van der Waals surface area (Å²) in [7, 11) is 0. The van der Waals surface area contributed by atoms with Gasteiger partial charge in [0.1, 0.15) is 16.9 Å². The van der Waals surface area contributed by atoms with Crippen LogP contribution in [0.3, 0.4) is 0 Å². The van der Waals surface area contributed by atoms with Crippen LogP contribution in [0.4, 0.5) is 0 Å². The van der Waals surface area contributed by atoms with E-state index in [0.29, 0.717) is 18.7 Å². The number of fused-ring (bicyclic) bond motifs is 1. The molecule has 2 N–H and O–H groups in total. The number of amides is 1. The summed E-state index contributed by atoms with van der Waals surface area (Å²) < 4.78 is 5.61. The smallest absolute Gasteiger partial charge is 0.227 e. The first-order chi connectivity index (χ1) is 12.0. The third kappa shape index (κ3) is 2.70. The molecule has 1 aliphatic rings. The average Bonchev–Trinajstić information content (AvgIpc) is 3.30. The first kappa shape index (κ1) is 15.8. The molecule has 1 fully saturated rings. The van der Waals surface area contributed by atoms with E-state index in [1.807, 2.05) is 19.9 Å². The second-order valence-electron chi connectivity index (χ2n) is 6.82. The van der Waals surface area contributed by atoms with Crippen molar-refractivity contribution in [2.45, 2.75) is 32.3 Å². The lowest BCUT2D eigenvalue weighted by Gasteiger charge is -2.21. The molecule has 3 aromatic rings. The van der Waals surface area contributed by atoms with Gasteiger partial charge in [-0.25, -0.2) is 0 Å². The quantitative estimate of drug-likeness (QED) is 0.758. The fourth-order valence-corrected chi connectivity index (χ4v) is 3.39. The van der Waals surface area contributed by atoms with E-state index in [1.165, 1.54) is 11.8 Å².